The molecule has 150 heavy (non-hydrogen) atoms. The Bertz CT molecular complexity index is 8070. The van der Waals surface area contributed by atoms with Gasteiger partial charge in [-0.05, 0) is 252 Å². The summed E-state index contributed by atoms with van der Waals surface area (Å²) in [4.78, 5) is 2.16. The number of anilines is 1. The van der Waals surface area contributed by atoms with Crippen molar-refractivity contribution in [3.63, 3.8) is 0 Å². The molecule has 0 unspecified atom stereocenters. The van der Waals surface area contributed by atoms with Crippen LogP contribution in [0.15, 0.2) is 443 Å². The molecule has 20 aromatic rings. The number of methoxy groups -OCH3 is 2. The molecular weight excluding hydrogens is 1840 g/mol. The van der Waals surface area contributed by atoms with Crippen molar-refractivity contribution in [2.24, 2.45) is 0 Å². The van der Waals surface area contributed by atoms with Crippen LogP contribution < -0.4 is 42.8 Å². The number of nitriles is 1. The average molecular weight is 2000 g/mol. The SMILES string of the molecule is CC(C)c1c(-n2c3ccccc3c3ccccc32)cccc1-n1c2ccccc2c2ccccc21.CC(C)c1c(Oc2ccccc2)cccc1Oc1ccccc1.CC(C)c1ccc(C#N)cc1.CC(C)c1ccccc1N(C)C.CC(C)c1ccccc1Oc1ccccc1.COc1cccc(OC)c1C(C)C.[2H]c1c([2H])c([2H])c(Oc2cccc(Oc3c([2H])c([2H])c(C)c([2H])c3[2H])c2C(C)C)c([2H])c1[2H].[2H]c1c([2H])c([2H])c(Oc2ccccc2C(C)C)c([2H])c1[2H]. The maximum atomic E-state index is 8.52. The van der Waals surface area contributed by atoms with E-state index in [1.165, 1.54) is 89.9 Å². The fourth-order valence-corrected chi connectivity index (χ4v) is 17.5. The Morgan fingerprint density at radius 3 is 0.840 bits per heavy atom. The summed E-state index contributed by atoms with van der Waals surface area (Å²) in [6.45, 7) is 35.4. The van der Waals surface area contributed by atoms with Crippen molar-refractivity contribution >= 4 is 49.3 Å². The minimum absolute atomic E-state index is 0.144. The van der Waals surface area contributed by atoms with Crippen molar-refractivity contribution in [1.29, 1.82) is 5.26 Å². The first-order valence-electron chi connectivity index (χ1n) is 58.0. The lowest BCUT2D eigenvalue weighted by molar-refractivity contribution is 0.382. The molecule has 0 bridgehead atoms. The lowest BCUT2D eigenvalue weighted by atomic mass is 9.98. The third-order valence-corrected chi connectivity index (χ3v) is 24.6. The van der Waals surface area contributed by atoms with Crippen LogP contribution in [0, 0.1) is 18.3 Å². The summed E-state index contributed by atoms with van der Waals surface area (Å²) >= 11 is 0. The second-order valence-corrected chi connectivity index (χ2v) is 38.3. The van der Waals surface area contributed by atoms with E-state index >= 15 is 0 Å². The Hall–Kier alpha value is -16.8. The smallest absolute Gasteiger partial charge is 0.134 e. The number of hydrogen-bond donors (Lipinski definition) is 0. The summed E-state index contributed by atoms with van der Waals surface area (Å²) < 4.78 is 161. The van der Waals surface area contributed by atoms with E-state index in [9.17, 15) is 0 Å². The molecule has 0 radical (unpaired) electrons. The van der Waals surface area contributed by atoms with Crippen LogP contribution in [-0.2, 0) is 0 Å². The number of benzene rings is 18. The Morgan fingerprint density at radius 1 is 0.247 bits per heavy atom. The summed E-state index contributed by atoms with van der Waals surface area (Å²) in [6, 6.07) is 116. The fraction of sp³-hybridized carbons (Fsp3) is 0.210. The molecular formula is C138H144N4O8. The van der Waals surface area contributed by atoms with Gasteiger partial charge in [0.05, 0.1) is 78.5 Å². The molecule has 2 aromatic heterocycles. The third kappa shape index (κ3) is 29.6. The van der Waals surface area contributed by atoms with E-state index in [1.807, 2.05) is 210 Å². The molecule has 12 nitrogen and oxygen atoms in total. The lowest BCUT2D eigenvalue weighted by Gasteiger charge is -2.22. The van der Waals surface area contributed by atoms with Crippen LogP contribution in [0.25, 0.3) is 55.0 Å². The number of ether oxygens (including phenoxy) is 8. The first-order valence-corrected chi connectivity index (χ1v) is 51.0. The zero-order valence-electron chi connectivity index (χ0n) is 104. The minimum Gasteiger partial charge on any atom is -0.496 e. The van der Waals surface area contributed by atoms with Gasteiger partial charge >= 0.3 is 0 Å². The highest BCUT2D eigenvalue weighted by atomic mass is 16.5. The highest BCUT2D eigenvalue weighted by Gasteiger charge is 2.25. The molecule has 18 aromatic carbocycles. The van der Waals surface area contributed by atoms with Gasteiger partial charge in [0.2, 0.25) is 0 Å². The van der Waals surface area contributed by atoms with Crippen molar-refractivity contribution in [2.45, 2.75) is 165 Å². The third-order valence-electron chi connectivity index (χ3n) is 24.6. The summed E-state index contributed by atoms with van der Waals surface area (Å²) in [6.07, 6.45) is 0. The summed E-state index contributed by atoms with van der Waals surface area (Å²) in [5.41, 5.74) is 18.6. The molecule has 2 heterocycles. The molecule has 0 aliphatic heterocycles. The van der Waals surface area contributed by atoms with Crippen LogP contribution in [0.2, 0.25) is 0 Å². The molecule has 764 valence electrons. The van der Waals surface area contributed by atoms with Gasteiger partial charge in [0.15, 0.2) is 0 Å². The first-order chi connectivity index (χ1) is 78.5. The van der Waals surface area contributed by atoms with Gasteiger partial charge < -0.3 is 51.9 Å². The standard InChI is InChI=1S/C33H26N2.C22H22O2.C21H20O2.2C15H16O.C11H17N.C11H16O2.C10H11N/c1-22(2)33-31(34-27-16-7-3-12-23(27)24-13-4-8-17-28(24)34)20-11-21-32(33)35-29-18-9-5-14-25(29)26-15-6-10-19-30(26)35;1-16(2)22-20(23-18-8-5-4-6-9-18)10-7-11-21(22)24-19-14-12-17(3)13-15-19;1-16(2)21-19(22-17-10-5-3-6-11-17)14-9-15-20(21)23-18-12-7-4-8-13-18;2*1-12(2)14-10-6-7-11-15(14)16-13-8-4-3-5-9-13;1-9(2)10-7-5-6-8-11(10)12(3)4;1-8(2)11-9(12-3)6-5-7-10(11)13-4;1-8(2)10-5-3-9(7-11)4-6-10/h3-22H,1-2H3;4-16H,1-3H3;3-16H,1-2H3;2*3-12H,1-2H3;5-9H,1-4H3;5-8H,1-4H3;3-6,8H,1-2H3/i;4D,5D,6D,8D,9D,12D,13D,14D,15D;;3D,4D,5D,8D,9D;;;;. The Balaban J connectivity index is 0.000000159. The summed E-state index contributed by atoms with van der Waals surface area (Å²) in [5.74, 6) is 9.75. The molecule has 0 aliphatic rings. The Kier molecular flexibility index (Phi) is 33.8. The van der Waals surface area contributed by atoms with Crippen LogP contribution in [0.3, 0.4) is 0 Å². The number of para-hydroxylation sites is 12. The molecule has 12 heteroatoms. The molecule has 0 fully saturated rings. The maximum Gasteiger partial charge on any atom is 0.134 e. The zero-order chi connectivity index (χ0) is 119. The molecule has 0 saturated carbocycles. The van der Waals surface area contributed by atoms with E-state index in [1.54, 1.807) is 44.6 Å². The van der Waals surface area contributed by atoms with Gasteiger partial charge in [-0.25, -0.2) is 0 Å². The fourth-order valence-electron chi connectivity index (χ4n) is 17.5. The molecule has 0 saturated heterocycles. The van der Waals surface area contributed by atoms with Crippen LogP contribution in [0.1, 0.15) is 233 Å². The van der Waals surface area contributed by atoms with Gasteiger partial charge in [-0.1, -0.05) is 383 Å². The van der Waals surface area contributed by atoms with Gasteiger partial charge in [0.1, 0.15) is 80.5 Å². The van der Waals surface area contributed by atoms with Gasteiger partial charge in [-0.2, -0.15) is 5.26 Å². The molecule has 0 spiro atoms. The number of nitrogens with zero attached hydrogens (tertiary/aromatic N) is 4. The Morgan fingerprint density at radius 2 is 0.520 bits per heavy atom. The van der Waals surface area contributed by atoms with Gasteiger partial charge in [-0.3, -0.25) is 0 Å². The largest absolute Gasteiger partial charge is 0.496 e. The zero-order valence-corrected chi connectivity index (χ0v) is 89.7. The number of hydrogen-bond acceptors (Lipinski definition) is 10. The maximum absolute atomic E-state index is 8.52. The minimum atomic E-state index is -0.527. The predicted molar refractivity (Wildman–Crippen MR) is 629 cm³/mol. The molecule has 0 aliphatic carbocycles. The highest BCUT2D eigenvalue weighted by molar-refractivity contribution is 6.11. The quantitative estimate of drug-likeness (QED) is 0.0548. The first kappa shape index (κ1) is 91.9. The average Bonchev–Trinajstić information content (AvgIpc) is 1.57. The molecule has 20 rings (SSSR count). The topological polar surface area (TPSA) is 111 Å². The van der Waals surface area contributed by atoms with Crippen molar-refractivity contribution in [2.75, 3.05) is 33.2 Å². The highest BCUT2D eigenvalue weighted by Crippen LogP contribution is 2.46. The molecule has 0 amide bonds. The van der Waals surface area contributed by atoms with Crippen LogP contribution in [-0.4, -0.2) is 37.4 Å². The van der Waals surface area contributed by atoms with E-state index in [-0.39, 0.29) is 88.3 Å². The second-order valence-electron chi connectivity index (χ2n) is 38.3. The van der Waals surface area contributed by atoms with Gasteiger partial charge in [0, 0.05) is 63.6 Å². The van der Waals surface area contributed by atoms with E-state index in [0.29, 0.717) is 40.9 Å². The lowest BCUT2D eigenvalue weighted by Crippen LogP contribution is -2.11. The number of aromatic nitrogens is 2. The van der Waals surface area contributed by atoms with E-state index in [4.69, 9.17) is 62.3 Å². The molecule has 0 atom stereocenters. The number of fused-ring (bicyclic) bond motifs is 6. The van der Waals surface area contributed by atoms with Gasteiger partial charge in [0.25, 0.3) is 0 Å². The normalized spacial score (nSPS) is 12.1. The van der Waals surface area contributed by atoms with Crippen molar-refractivity contribution in [3.05, 3.63) is 498 Å². The summed E-state index contributed by atoms with van der Waals surface area (Å²) in [5, 5.41) is 13.7. The van der Waals surface area contributed by atoms with Crippen LogP contribution >= 0.6 is 0 Å². The van der Waals surface area contributed by atoms with E-state index in [2.05, 4.69) is 263 Å². The van der Waals surface area contributed by atoms with Crippen LogP contribution in [0.4, 0.5) is 5.69 Å². The summed E-state index contributed by atoms with van der Waals surface area (Å²) in [7, 11) is 7.53. The van der Waals surface area contributed by atoms with Gasteiger partial charge in [-0.15, -0.1) is 0 Å². The predicted octanol–water partition coefficient (Wildman–Crippen LogP) is 39.7. The molecule has 0 N–H and O–H groups in total. The van der Waals surface area contributed by atoms with Crippen molar-refractivity contribution in [3.8, 4) is 97.9 Å². The van der Waals surface area contributed by atoms with Crippen LogP contribution in [0.5, 0.6) is 80.5 Å². The number of rotatable bonds is 25. The van der Waals surface area contributed by atoms with E-state index < -0.39 is 48.3 Å². The van der Waals surface area contributed by atoms with Crippen molar-refractivity contribution < 1.29 is 57.1 Å². The van der Waals surface area contributed by atoms with Crippen molar-refractivity contribution in [1.82, 2.24) is 9.13 Å². The monoisotopic (exact) mass is 2000 g/mol. The second kappa shape index (κ2) is 55.1. The van der Waals surface area contributed by atoms with E-state index in [0.717, 1.165) is 68.2 Å². The Labute approximate surface area is 910 Å².